The van der Waals surface area contributed by atoms with Crippen LogP contribution in [0.15, 0.2) is 83.9 Å². The summed E-state index contributed by atoms with van der Waals surface area (Å²) in [4.78, 5) is 9.57. The SMILES string of the molecule is COc1ccc(CN2CN=C(c3ccccc3)N(c3ccc(C)cc3)C2)cc1. The monoisotopic (exact) mass is 371 g/mol. The molecule has 0 fully saturated rings. The molecule has 0 unspecified atom stereocenters. The first-order chi connectivity index (χ1) is 13.7. The number of hydrogen-bond donors (Lipinski definition) is 0. The van der Waals surface area contributed by atoms with Crippen LogP contribution >= 0.6 is 0 Å². The standard InChI is InChI=1S/C24H25N3O/c1-19-8-12-22(13-9-19)27-18-26(16-20-10-14-23(28-2)15-11-20)17-25-24(27)21-6-4-3-5-7-21/h3-15H,16-18H2,1-2H3. The smallest absolute Gasteiger partial charge is 0.137 e. The maximum atomic E-state index is 5.26. The Morgan fingerprint density at radius 1 is 0.893 bits per heavy atom. The van der Waals surface area contributed by atoms with E-state index in [1.54, 1.807) is 7.11 Å². The van der Waals surface area contributed by atoms with E-state index in [0.717, 1.165) is 36.0 Å². The maximum absolute atomic E-state index is 5.26. The van der Waals surface area contributed by atoms with Crippen molar-refractivity contribution in [2.24, 2.45) is 4.99 Å². The van der Waals surface area contributed by atoms with Crippen LogP contribution in [0.3, 0.4) is 0 Å². The van der Waals surface area contributed by atoms with Gasteiger partial charge in [0.2, 0.25) is 0 Å². The summed E-state index contributed by atoms with van der Waals surface area (Å²) in [6, 6.07) is 27.3. The van der Waals surface area contributed by atoms with Gasteiger partial charge in [-0.2, -0.15) is 0 Å². The van der Waals surface area contributed by atoms with Crippen molar-refractivity contribution in [2.45, 2.75) is 13.5 Å². The second kappa shape index (κ2) is 8.28. The predicted molar refractivity (Wildman–Crippen MR) is 115 cm³/mol. The van der Waals surface area contributed by atoms with Crippen molar-refractivity contribution in [1.29, 1.82) is 0 Å². The number of nitrogens with zero attached hydrogens (tertiary/aromatic N) is 3. The van der Waals surface area contributed by atoms with Gasteiger partial charge < -0.3 is 9.64 Å². The highest BCUT2D eigenvalue weighted by Crippen LogP contribution is 2.23. The first-order valence-electron chi connectivity index (χ1n) is 9.52. The highest BCUT2D eigenvalue weighted by atomic mass is 16.5. The number of amidine groups is 1. The third kappa shape index (κ3) is 4.07. The topological polar surface area (TPSA) is 28.1 Å². The molecule has 4 heteroatoms. The van der Waals surface area contributed by atoms with Crippen LogP contribution in [0.2, 0.25) is 0 Å². The molecule has 142 valence electrons. The molecule has 0 atom stereocenters. The van der Waals surface area contributed by atoms with E-state index in [4.69, 9.17) is 9.73 Å². The molecule has 3 aromatic carbocycles. The summed E-state index contributed by atoms with van der Waals surface area (Å²) in [7, 11) is 1.69. The number of rotatable bonds is 5. The lowest BCUT2D eigenvalue weighted by Crippen LogP contribution is -2.46. The number of aliphatic imine (C=N–C) groups is 1. The van der Waals surface area contributed by atoms with Crippen molar-refractivity contribution in [1.82, 2.24) is 4.90 Å². The zero-order chi connectivity index (χ0) is 19.3. The molecule has 4 rings (SSSR count). The lowest BCUT2D eigenvalue weighted by molar-refractivity contribution is 0.273. The fraction of sp³-hybridized carbons (Fsp3) is 0.208. The molecule has 28 heavy (non-hydrogen) atoms. The zero-order valence-corrected chi connectivity index (χ0v) is 16.4. The minimum absolute atomic E-state index is 0.679. The Balaban J connectivity index is 1.60. The molecule has 3 aromatic rings. The number of methoxy groups -OCH3 is 1. The minimum Gasteiger partial charge on any atom is -0.497 e. The third-order valence-electron chi connectivity index (χ3n) is 4.96. The van der Waals surface area contributed by atoms with E-state index in [1.165, 1.54) is 11.1 Å². The van der Waals surface area contributed by atoms with Crippen LogP contribution in [0.4, 0.5) is 5.69 Å². The molecule has 0 aromatic heterocycles. The highest BCUT2D eigenvalue weighted by molar-refractivity contribution is 6.10. The zero-order valence-electron chi connectivity index (χ0n) is 16.4. The molecule has 1 heterocycles. The van der Waals surface area contributed by atoms with Crippen molar-refractivity contribution in [2.75, 3.05) is 25.3 Å². The fourth-order valence-electron chi connectivity index (χ4n) is 3.42. The lowest BCUT2D eigenvalue weighted by atomic mass is 10.1. The average molecular weight is 371 g/mol. The molecule has 0 radical (unpaired) electrons. The van der Waals surface area contributed by atoms with Crippen LogP contribution in [0.1, 0.15) is 16.7 Å². The van der Waals surface area contributed by atoms with Gasteiger partial charge in [-0.25, -0.2) is 0 Å². The van der Waals surface area contributed by atoms with Gasteiger partial charge in [0.05, 0.1) is 20.4 Å². The summed E-state index contributed by atoms with van der Waals surface area (Å²) < 4.78 is 5.26. The van der Waals surface area contributed by atoms with Gasteiger partial charge in [-0.15, -0.1) is 0 Å². The van der Waals surface area contributed by atoms with Gasteiger partial charge in [-0.1, -0.05) is 60.2 Å². The van der Waals surface area contributed by atoms with E-state index in [9.17, 15) is 0 Å². The lowest BCUT2D eigenvalue weighted by Gasteiger charge is -2.36. The van der Waals surface area contributed by atoms with Crippen molar-refractivity contribution >= 4 is 11.5 Å². The second-order valence-electron chi connectivity index (χ2n) is 7.07. The summed E-state index contributed by atoms with van der Waals surface area (Å²) in [5.74, 6) is 1.91. The molecule has 0 saturated carbocycles. The van der Waals surface area contributed by atoms with E-state index in [1.807, 2.05) is 18.2 Å². The van der Waals surface area contributed by atoms with Crippen LogP contribution in [0.5, 0.6) is 5.75 Å². The van der Waals surface area contributed by atoms with Gasteiger partial charge in [0.15, 0.2) is 0 Å². The fourth-order valence-corrected chi connectivity index (χ4v) is 3.42. The van der Waals surface area contributed by atoms with Crippen LogP contribution < -0.4 is 9.64 Å². The number of hydrogen-bond acceptors (Lipinski definition) is 4. The van der Waals surface area contributed by atoms with Crippen molar-refractivity contribution in [3.63, 3.8) is 0 Å². The molecular formula is C24H25N3O. The number of ether oxygens (including phenoxy) is 1. The Hall–Kier alpha value is -3.11. The van der Waals surface area contributed by atoms with Gasteiger partial charge in [0, 0.05) is 17.8 Å². The van der Waals surface area contributed by atoms with E-state index in [0.29, 0.717) is 6.67 Å². The molecule has 0 N–H and O–H groups in total. The van der Waals surface area contributed by atoms with E-state index in [-0.39, 0.29) is 0 Å². The summed E-state index contributed by atoms with van der Waals surface area (Å²) in [6.45, 7) is 4.43. The Labute approximate surface area is 166 Å². The van der Waals surface area contributed by atoms with E-state index >= 15 is 0 Å². The van der Waals surface area contributed by atoms with Gasteiger partial charge in [0.25, 0.3) is 0 Å². The molecule has 1 aliphatic heterocycles. The summed E-state index contributed by atoms with van der Waals surface area (Å²) in [6.07, 6.45) is 0. The van der Waals surface area contributed by atoms with Crippen LogP contribution in [-0.4, -0.2) is 31.2 Å². The van der Waals surface area contributed by atoms with Crippen LogP contribution in [-0.2, 0) is 6.54 Å². The van der Waals surface area contributed by atoms with Crippen LogP contribution in [0, 0.1) is 6.92 Å². The maximum Gasteiger partial charge on any atom is 0.137 e. The Morgan fingerprint density at radius 3 is 2.29 bits per heavy atom. The molecule has 0 bridgehead atoms. The molecule has 0 spiro atoms. The Morgan fingerprint density at radius 2 is 1.61 bits per heavy atom. The van der Waals surface area contributed by atoms with Crippen molar-refractivity contribution < 1.29 is 4.74 Å². The Kier molecular flexibility index (Phi) is 5.40. The van der Waals surface area contributed by atoms with Gasteiger partial charge >= 0.3 is 0 Å². The molecule has 1 aliphatic rings. The van der Waals surface area contributed by atoms with Crippen molar-refractivity contribution in [3.8, 4) is 5.75 Å². The first-order valence-corrected chi connectivity index (χ1v) is 9.52. The van der Waals surface area contributed by atoms with Crippen LogP contribution in [0.25, 0.3) is 0 Å². The first kappa shape index (κ1) is 18.3. The van der Waals surface area contributed by atoms with Gasteiger partial charge in [-0.05, 0) is 36.8 Å². The third-order valence-corrected chi connectivity index (χ3v) is 4.96. The number of benzene rings is 3. The quantitative estimate of drug-likeness (QED) is 0.651. The predicted octanol–water partition coefficient (Wildman–Crippen LogP) is 4.69. The summed E-state index contributed by atoms with van der Waals surface area (Å²) in [5, 5.41) is 0. The summed E-state index contributed by atoms with van der Waals surface area (Å²) >= 11 is 0. The van der Waals surface area contributed by atoms with E-state index in [2.05, 4.69) is 77.4 Å². The number of anilines is 1. The van der Waals surface area contributed by atoms with Gasteiger partial charge in [-0.3, -0.25) is 9.89 Å². The average Bonchev–Trinajstić information content (AvgIpc) is 2.75. The summed E-state index contributed by atoms with van der Waals surface area (Å²) in [5.41, 5.74) is 4.82. The molecule has 0 amide bonds. The molecule has 4 nitrogen and oxygen atoms in total. The van der Waals surface area contributed by atoms with Gasteiger partial charge in [0.1, 0.15) is 11.6 Å². The highest BCUT2D eigenvalue weighted by Gasteiger charge is 2.23. The Bertz CT molecular complexity index is 934. The minimum atomic E-state index is 0.679. The largest absolute Gasteiger partial charge is 0.497 e. The van der Waals surface area contributed by atoms with E-state index < -0.39 is 0 Å². The normalized spacial score (nSPS) is 14.6. The second-order valence-corrected chi connectivity index (χ2v) is 7.07. The number of aryl methyl sites for hydroxylation is 1. The van der Waals surface area contributed by atoms with Crippen molar-refractivity contribution in [3.05, 3.63) is 95.6 Å². The molecular weight excluding hydrogens is 346 g/mol. The molecule has 0 saturated heterocycles. The molecule has 0 aliphatic carbocycles.